The Morgan fingerprint density at radius 2 is 1.94 bits per heavy atom. The number of carbonyl (C=O) groups is 2. The lowest BCUT2D eigenvalue weighted by Gasteiger charge is -2.11. The van der Waals surface area contributed by atoms with Crippen LogP contribution in [0.1, 0.15) is 24.1 Å². The minimum absolute atomic E-state index is 0.0210. The second-order valence-electron chi connectivity index (χ2n) is 6.91. The van der Waals surface area contributed by atoms with Crippen LogP contribution in [0.4, 0.5) is 24.8 Å². The van der Waals surface area contributed by atoms with Gasteiger partial charge in [-0.05, 0) is 43.7 Å². The average Bonchev–Trinajstić information content (AvgIpc) is 3.21. The first-order valence-corrected chi connectivity index (χ1v) is 9.30. The topological polar surface area (TPSA) is 141 Å². The molecular weight excluding hydrogens is 429 g/mol. The number of halogens is 3. The molecule has 3 aromatic rings. The number of nitrogens with zero attached hydrogens (tertiary/aromatic N) is 5. The van der Waals surface area contributed by atoms with Crippen molar-refractivity contribution >= 4 is 23.5 Å². The van der Waals surface area contributed by atoms with Crippen LogP contribution >= 0.6 is 0 Å². The number of nitrogens with one attached hydrogen (secondary N) is 2. The normalized spacial score (nSPS) is 12.3. The molecule has 3 heterocycles. The SMILES string of the molecule is Cc1cc(Nc2cc(C(F)(F)F)ccn2)nc(-c2cn([C@@H](C)C(=O)NCC(N)=O)nn2)c1. The van der Waals surface area contributed by atoms with Crippen LogP contribution in [0.2, 0.25) is 0 Å². The molecule has 0 aliphatic heterocycles. The van der Waals surface area contributed by atoms with Gasteiger partial charge in [0.2, 0.25) is 11.8 Å². The van der Waals surface area contributed by atoms with E-state index in [1.54, 1.807) is 26.0 Å². The highest BCUT2D eigenvalue weighted by atomic mass is 19.4. The molecular formula is C19H19F3N8O2. The Hall–Kier alpha value is -4.03. The first-order valence-electron chi connectivity index (χ1n) is 9.30. The minimum atomic E-state index is -4.50. The monoisotopic (exact) mass is 448 g/mol. The first kappa shape index (κ1) is 22.7. The van der Waals surface area contributed by atoms with Crippen molar-refractivity contribution in [2.45, 2.75) is 26.1 Å². The summed E-state index contributed by atoms with van der Waals surface area (Å²) in [6.45, 7) is 3.04. The lowest BCUT2D eigenvalue weighted by atomic mass is 10.2. The second-order valence-corrected chi connectivity index (χ2v) is 6.91. The fourth-order valence-corrected chi connectivity index (χ4v) is 2.69. The highest BCUT2D eigenvalue weighted by molar-refractivity contribution is 5.85. The van der Waals surface area contributed by atoms with Crippen molar-refractivity contribution < 1.29 is 22.8 Å². The summed E-state index contributed by atoms with van der Waals surface area (Å²) < 4.78 is 40.1. The van der Waals surface area contributed by atoms with E-state index in [1.807, 2.05) is 0 Å². The van der Waals surface area contributed by atoms with Crippen LogP contribution in [-0.4, -0.2) is 43.3 Å². The summed E-state index contributed by atoms with van der Waals surface area (Å²) in [6.07, 6.45) is -1.95. The molecule has 0 spiro atoms. The van der Waals surface area contributed by atoms with Gasteiger partial charge in [-0.25, -0.2) is 14.6 Å². The largest absolute Gasteiger partial charge is 0.416 e. The standard InChI is InChI=1S/C19H19F3N8O2/c1-10-5-13(14-9-30(29-28-14)11(2)18(32)25-8-15(23)31)26-17(6-10)27-16-7-12(3-4-24-16)19(20,21)22/h3-7,9,11H,8H2,1-2H3,(H2,23,31)(H,25,32)(H,24,26,27)/t11-/m0/s1. The predicted octanol–water partition coefficient (Wildman–Crippen LogP) is 1.97. The summed E-state index contributed by atoms with van der Waals surface area (Å²) >= 11 is 0. The molecule has 32 heavy (non-hydrogen) atoms. The van der Waals surface area contributed by atoms with Crippen molar-refractivity contribution in [3.63, 3.8) is 0 Å². The van der Waals surface area contributed by atoms with E-state index in [2.05, 4.69) is 30.9 Å². The maximum Gasteiger partial charge on any atom is 0.416 e. The van der Waals surface area contributed by atoms with Gasteiger partial charge in [0.05, 0.1) is 24.0 Å². The molecule has 0 aromatic carbocycles. The van der Waals surface area contributed by atoms with Crippen molar-refractivity contribution in [1.29, 1.82) is 0 Å². The van der Waals surface area contributed by atoms with Crippen LogP contribution in [0.25, 0.3) is 11.4 Å². The number of hydrogen-bond donors (Lipinski definition) is 3. The first-order chi connectivity index (χ1) is 15.0. The number of anilines is 2. The van der Waals surface area contributed by atoms with Gasteiger partial charge in [-0.3, -0.25) is 9.59 Å². The Kier molecular flexibility index (Phi) is 6.37. The molecule has 0 saturated carbocycles. The van der Waals surface area contributed by atoms with Gasteiger partial charge in [0, 0.05) is 6.20 Å². The van der Waals surface area contributed by atoms with E-state index >= 15 is 0 Å². The zero-order valence-corrected chi connectivity index (χ0v) is 17.0. The van der Waals surface area contributed by atoms with Gasteiger partial charge in [-0.15, -0.1) is 5.10 Å². The molecule has 4 N–H and O–H groups in total. The molecule has 0 fully saturated rings. The lowest BCUT2D eigenvalue weighted by Crippen LogP contribution is -2.37. The van der Waals surface area contributed by atoms with E-state index in [1.165, 1.54) is 10.9 Å². The number of aromatic nitrogens is 5. The van der Waals surface area contributed by atoms with Crippen LogP contribution in [0.5, 0.6) is 0 Å². The van der Waals surface area contributed by atoms with Crippen LogP contribution in [0.3, 0.4) is 0 Å². The van der Waals surface area contributed by atoms with Crippen molar-refractivity contribution in [3.8, 4) is 11.4 Å². The number of rotatable bonds is 7. The van der Waals surface area contributed by atoms with Gasteiger partial charge in [0.25, 0.3) is 0 Å². The molecule has 0 radical (unpaired) electrons. The van der Waals surface area contributed by atoms with Crippen LogP contribution in [0.15, 0.2) is 36.7 Å². The van der Waals surface area contributed by atoms with Gasteiger partial charge in [-0.2, -0.15) is 13.2 Å². The molecule has 168 valence electrons. The number of nitrogens with two attached hydrogens (primary N) is 1. The molecule has 10 nitrogen and oxygen atoms in total. The molecule has 0 bridgehead atoms. The Morgan fingerprint density at radius 1 is 1.19 bits per heavy atom. The van der Waals surface area contributed by atoms with Gasteiger partial charge in [0.15, 0.2) is 0 Å². The Balaban J connectivity index is 1.81. The third-order valence-electron chi connectivity index (χ3n) is 4.30. The van der Waals surface area contributed by atoms with E-state index in [0.717, 1.165) is 23.9 Å². The minimum Gasteiger partial charge on any atom is -0.368 e. The summed E-state index contributed by atoms with van der Waals surface area (Å²) in [5, 5.41) is 13.1. The molecule has 0 aliphatic carbocycles. The second kappa shape index (κ2) is 8.99. The molecule has 0 aliphatic rings. The predicted molar refractivity (Wildman–Crippen MR) is 107 cm³/mol. The number of alkyl halides is 3. The van der Waals surface area contributed by atoms with E-state index in [-0.39, 0.29) is 18.2 Å². The Bertz CT molecular complexity index is 1150. The summed E-state index contributed by atoms with van der Waals surface area (Å²) in [5.41, 5.74) is 5.65. The highest BCUT2D eigenvalue weighted by Gasteiger charge is 2.30. The Labute approximate surface area is 180 Å². The lowest BCUT2D eigenvalue weighted by molar-refractivity contribution is -0.137. The number of carbonyl (C=O) groups excluding carboxylic acids is 2. The van der Waals surface area contributed by atoms with Crippen molar-refractivity contribution in [2.75, 3.05) is 11.9 Å². The number of hydrogen-bond acceptors (Lipinski definition) is 7. The average molecular weight is 448 g/mol. The van der Waals surface area contributed by atoms with Crippen LogP contribution in [0, 0.1) is 6.92 Å². The van der Waals surface area contributed by atoms with Gasteiger partial charge >= 0.3 is 6.18 Å². The zero-order valence-electron chi connectivity index (χ0n) is 17.0. The van der Waals surface area contributed by atoms with Gasteiger partial charge in [-0.1, -0.05) is 5.21 Å². The third kappa shape index (κ3) is 5.56. The van der Waals surface area contributed by atoms with E-state index in [4.69, 9.17) is 5.73 Å². The van der Waals surface area contributed by atoms with Crippen molar-refractivity contribution in [2.24, 2.45) is 5.73 Å². The molecule has 0 saturated heterocycles. The smallest absolute Gasteiger partial charge is 0.368 e. The van der Waals surface area contributed by atoms with E-state index in [9.17, 15) is 22.8 Å². The zero-order chi connectivity index (χ0) is 23.5. The molecule has 3 aromatic heterocycles. The van der Waals surface area contributed by atoms with E-state index < -0.39 is 29.6 Å². The summed E-state index contributed by atoms with van der Waals surface area (Å²) in [5.74, 6) is -0.916. The van der Waals surface area contributed by atoms with Crippen molar-refractivity contribution in [1.82, 2.24) is 30.3 Å². The van der Waals surface area contributed by atoms with Crippen molar-refractivity contribution in [3.05, 3.63) is 47.8 Å². The molecule has 0 unspecified atom stereocenters. The molecule has 13 heteroatoms. The maximum absolute atomic E-state index is 12.9. The number of pyridine rings is 2. The summed E-state index contributed by atoms with van der Waals surface area (Å²) in [4.78, 5) is 31.2. The fraction of sp³-hybridized carbons (Fsp3) is 0.263. The third-order valence-corrected chi connectivity index (χ3v) is 4.30. The number of aryl methyl sites for hydroxylation is 1. The molecule has 1 atom stereocenters. The fourth-order valence-electron chi connectivity index (χ4n) is 2.69. The summed E-state index contributed by atoms with van der Waals surface area (Å²) in [7, 11) is 0. The number of amides is 2. The molecule has 2 amide bonds. The van der Waals surface area contributed by atoms with Gasteiger partial charge < -0.3 is 16.4 Å². The highest BCUT2D eigenvalue weighted by Crippen LogP contribution is 2.30. The van der Waals surface area contributed by atoms with Crippen LogP contribution in [-0.2, 0) is 15.8 Å². The Morgan fingerprint density at radius 3 is 2.62 bits per heavy atom. The van der Waals surface area contributed by atoms with Gasteiger partial charge in [0.1, 0.15) is 23.4 Å². The maximum atomic E-state index is 12.9. The quantitative estimate of drug-likeness (QED) is 0.502. The summed E-state index contributed by atoms with van der Waals surface area (Å²) in [6, 6.07) is 4.32. The van der Waals surface area contributed by atoms with E-state index in [0.29, 0.717) is 11.4 Å². The van der Waals surface area contributed by atoms with Crippen LogP contribution < -0.4 is 16.4 Å². The molecule has 3 rings (SSSR count). The number of primary amides is 1.